The Bertz CT molecular complexity index is 3100. The Morgan fingerprint density at radius 1 is 0.528 bits per heavy atom. The van der Waals surface area contributed by atoms with Crippen molar-refractivity contribution in [3.05, 3.63) is 180 Å². The monoisotopic (exact) mass is 681 g/mol. The second kappa shape index (κ2) is 11.3. The molecule has 0 saturated heterocycles. The lowest BCUT2D eigenvalue weighted by molar-refractivity contribution is 0.459. The highest BCUT2D eigenvalue weighted by atomic mass is 16.3. The molecule has 3 heterocycles. The highest BCUT2D eigenvalue weighted by Gasteiger charge is 2.47. The number of rotatable bonds is 4. The van der Waals surface area contributed by atoms with Crippen LogP contribution in [0.25, 0.3) is 83.3 Å². The van der Waals surface area contributed by atoms with E-state index in [0.29, 0.717) is 17.5 Å². The lowest BCUT2D eigenvalue weighted by atomic mass is 9.64. The van der Waals surface area contributed by atoms with Crippen LogP contribution in [0.1, 0.15) is 35.6 Å². The summed E-state index contributed by atoms with van der Waals surface area (Å²) in [6.45, 7) is 2.26. The van der Waals surface area contributed by atoms with Crippen LogP contribution in [0.2, 0.25) is 0 Å². The Morgan fingerprint density at radius 3 is 2.00 bits per heavy atom. The second-order valence-electron chi connectivity index (χ2n) is 14.1. The molecule has 0 fully saturated rings. The third-order valence-corrected chi connectivity index (χ3v) is 11.1. The summed E-state index contributed by atoms with van der Waals surface area (Å²) in [7, 11) is 0. The first-order chi connectivity index (χ1) is 26.1. The normalized spacial score (nSPS) is 17.0. The number of benzene rings is 7. The predicted octanol–water partition coefficient (Wildman–Crippen LogP) is 12.3. The summed E-state index contributed by atoms with van der Waals surface area (Å²) in [5, 5.41) is 7.80. The van der Waals surface area contributed by atoms with Gasteiger partial charge in [0.05, 0.1) is 5.41 Å². The van der Waals surface area contributed by atoms with Crippen LogP contribution < -0.4 is 0 Å². The van der Waals surface area contributed by atoms with Gasteiger partial charge in [0.2, 0.25) is 0 Å². The first-order valence-corrected chi connectivity index (χ1v) is 18.0. The van der Waals surface area contributed by atoms with E-state index in [9.17, 15) is 0 Å². The van der Waals surface area contributed by atoms with E-state index in [4.69, 9.17) is 23.8 Å². The zero-order valence-electron chi connectivity index (χ0n) is 28.8. The second-order valence-corrected chi connectivity index (χ2v) is 14.1. The summed E-state index contributed by atoms with van der Waals surface area (Å²) < 4.78 is 13.3. The van der Waals surface area contributed by atoms with Crippen molar-refractivity contribution in [2.24, 2.45) is 0 Å². The van der Waals surface area contributed by atoms with Gasteiger partial charge in [-0.3, -0.25) is 0 Å². The molecular formula is C48H31N3O2. The van der Waals surface area contributed by atoms with Crippen LogP contribution in [0.3, 0.4) is 0 Å². The average molecular weight is 682 g/mol. The molecule has 7 aromatic carbocycles. The molecule has 0 amide bonds. The van der Waals surface area contributed by atoms with Crippen molar-refractivity contribution in [1.82, 2.24) is 15.0 Å². The molecule has 0 spiro atoms. The first kappa shape index (κ1) is 29.8. The number of hydrogen-bond donors (Lipinski definition) is 0. The van der Waals surface area contributed by atoms with E-state index in [1.807, 2.05) is 42.5 Å². The fraction of sp³-hybridized carbons (Fsp3) is 0.0625. The molecule has 0 saturated carbocycles. The topological polar surface area (TPSA) is 65.0 Å². The number of aromatic nitrogens is 3. The van der Waals surface area contributed by atoms with Crippen LogP contribution in [0.4, 0.5) is 0 Å². The van der Waals surface area contributed by atoms with Gasteiger partial charge in [-0.15, -0.1) is 0 Å². The van der Waals surface area contributed by atoms with Crippen LogP contribution in [-0.2, 0) is 5.41 Å². The zero-order chi connectivity index (χ0) is 35.1. The van der Waals surface area contributed by atoms with E-state index >= 15 is 0 Å². The van der Waals surface area contributed by atoms with Crippen LogP contribution in [0.15, 0.2) is 167 Å². The van der Waals surface area contributed by atoms with Crippen LogP contribution in [-0.4, -0.2) is 15.0 Å². The van der Waals surface area contributed by atoms with Gasteiger partial charge in [0.1, 0.15) is 28.3 Å². The van der Waals surface area contributed by atoms with Gasteiger partial charge >= 0.3 is 0 Å². The SMILES string of the molecule is CC1(c2nc(-c3ccccc3)nc(-c3cc4ccccc4c4ccccc34)n2)c2c(oc3ccccc23)C=CC1c1cccc2c1oc1ccccc12. The molecule has 1 aliphatic carbocycles. The molecule has 0 bridgehead atoms. The van der Waals surface area contributed by atoms with Crippen molar-refractivity contribution in [2.75, 3.05) is 0 Å². The van der Waals surface area contributed by atoms with E-state index in [2.05, 4.69) is 128 Å². The highest BCUT2D eigenvalue weighted by molar-refractivity contribution is 6.13. The quantitative estimate of drug-likeness (QED) is 0.173. The molecule has 5 heteroatoms. The summed E-state index contributed by atoms with van der Waals surface area (Å²) in [6.07, 6.45) is 4.35. The van der Waals surface area contributed by atoms with Gasteiger partial charge in [-0.1, -0.05) is 140 Å². The number of fused-ring (bicyclic) bond motifs is 9. The molecule has 0 N–H and O–H groups in total. The van der Waals surface area contributed by atoms with E-state index in [1.54, 1.807) is 0 Å². The maximum absolute atomic E-state index is 6.69. The van der Waals surface area contributed by atoms with Crippen molar-refractivity contribution < 1.29 is 8.83 Å². The average Bonchev–Trinajstić information content (AvgIpc) is 3.80. The number of hydrogen-bond acceptors (Lipinski definition) is 5. The molecule has 5 nitrogen and oxygen atoms in total. The molecule has 0 aliphatic heterocycles. The molecule has 1 aliphatic rings. The van der Waals surface area contributed by atoms with Gasteiger partial charge in [0, 0.05) is 44.3 Å². The molecule has 10 aromatic rings. The fourth-order valence-electron chi connectivity index (χ4n) is 8.61. The third-order valence-electron chi connectivity index (χ3n) is 11.1. The van der Waals surface area contributed by atoms with Gasteiger partial charge in [-0.25, -0.2) is 15.0 Å². The van der Waals surface area contributed by atoms with Gasteiger partial charge < -0.3 is 8.83 Å². The summed E-state index contributed by atoms with van der Waals surface area (Å²) in [6, 6.07) is 52.4. The Hall–Kier alpha value is -6.85. The summed E-state index contributed by atoms with van der Waals surface area (Å²) in [5.41, 5.74) is 5.74. The lowest BCUT2D eigenvalue weighted by Gasteiger charge is -2.38. The van der Waals surface area contributed by atoms with Crippen molar-refractivity contribution >= 4 is 60.5 Å². The van der Waals surface area contributed by atoms with E-state index in [0.717, 1.165) is 77.1 Å². The largest absolute Gasteiger partial charge is 0.456 e. The van der Waals surface area contributed by atoms with E-state index < -0.39 is 5.41 Å². The molecule has 3 aromatic heterocycles. The maximum atomic E-state index is 6.69. The Kier molecular flexibility index (Phi) is 6.38. The van der Waals surface area contributed by atoms with Gasteiger partial charge in [-0.05, 0) is 52.7 Å². The Balaban J connectivity index is 1.24. The van der Waals surface area contributed by atoms with E-state index in [-0.39, 0.29) is 5.92 Å². The summed E-state index contributed by atoms with van der Waals surface area (Å²) in [4.78, 5) is 16.2. The van der Waals surface area contributed by atoms with Gasteiger partial charge in [0.15, 0.2) is 11.6 Å². The number of allylic oxidation sites excluding steroid dienone is 1. The summed E-state index contributed by atoms with van der Waals surface area (Å²) >= 11 is 0. The zero-order valence-corrected chi connectivity index (χ0v) is 28.8. The van der Waals surface area contributed by atoms with Crippen LogP contribution >= 0.6 is 0 Å². The van der Waals surface area contributed by atoms with E-state index in [1.165, 1.54) is 5.39 Å². The van der Waals surface area contributed by atoms with Crippen molar-refractivity contribution in [2.45, 2.75) is 18.3 Å². The minimum atomic E-state index is -0.808. The van der Waals surface area contributed by atoms with Gasteiger partial charge in [0.25, 0.3) is 0 Å². The van der Waals surface area contributed by atoms with Crippen molar-refractivity contribution in [3.63, 3.8) is 0 Å². The number of nitrogens with zero attached hydrogens (tertiary/aromatic N) is 3. The Morgan fingerprint density at radius 2 is 1.17 bits per heavy atom. The lowest BCUT2D eigenvalue weighted by Crippen LogP contribution is -2.36. The molecule has 0 radical (unpaired) electrons. The third kappa shape index (κ3) is 4.40. The number of furan rings is 2. The minimum absolute atomic E-state index is 0.215. The molecule has 11 rings (SSSR count). The first-order valence-electron chi connectivity index (χ1n) is 18.0. The molecular weight excluding hydrogens is 651 g/mol. The van der Waals surface area contributed by atoms with Crippen molar-refractivity contribution in [1.29, 1.82) is 0 Å². The maximum Gasteiger partial charge on any atom is 0.164 e. The molecule has 53 heavy (non-hydrogen) atoms. The smallest absolute Gasteiger partial charge is 0.164 e. The number of para-hydroxylation sites is 3. The van der Waals surface area contributed by atoms with Crippen LogP contribution in [0.5, 0.6) is 0 Å². The fourth-order valence-corrected chi connectivity index (χ4v) is 8.61. The van der Waals surface area contributed by atoms with Crippen molar-refractivity contribution in [3.8, 4) is 22.8 Å². The summed E-state index contributed by atoms with van der Waals surface area (Å²) in [5.74, 6) is 2.50. The molecule has 250 valence electrons. The standard InChI is InChI=1S/C48H31N3O2/c1-48(39(26-27-42-43(48)37-21-10-12-25-41(37)52-42)36-23-13-22-35-34-20-9-11-24-40(34)53-44(35)36)47-50-45(29-14-3-2-4-15-29)49-46(51-47)38-28-30-16-5-6-17-31(30)32-18-7-8-19-33(32)38/h2-28,39H,1H3. The Labute approximate surface area is 304 Å². The van der Waals surface area contributed by atoms with Gasteiger partial charge in [-0.2, -0.15) is 0 Å². The van der Waals surface area contributed by atoms with Crippen LogP contribution in [0, 0.1) is 0 Å². The molecule has 2 unspecified atom stereocenters. The predicted molar refractivity (Wildman–Crippen MR) is 214 cm³/mol. The highest BCUT2D eigenvalue weighted by Crippen LogP contribution is 2.53. The molecule has 2 atom stereocenters. The minimum Gasteiger partial charge on any atom is -0.456 e.